The van der Waals surface area contributed by atoms with Crippen molar-refractivity contribution in [3.05, 3.63) is 50.1 Å². The number of likely N-dealkylation sites (N-methyl/N-ethyl adjacent to an activating group) is 1. The van der Waals surface area contributed by atoms with Crippen molar-refractivity contribution < 1.29 is 4.74 Å². The van der Waals surface area contributed by atoms with Crippen LogP contribution < -0.4 is 10.1 Å². The van der Waals surface area contributed by atoms with E-state index in [1.54, 1.807) is 0 Å². The summed E-state index contributed by atoms with van der Waals surface area (Å²) >= 11 is 5.47. The van der Waals surface area contributed by atoms with E-state index in [-0.39, 0.29) is 0 Å². The molecule has 2 aromatic rings. The molecule has 1 unspecified atom stereocenters. The summed E-state index contributed by atoms with van der Waals surface area (Å²) in [6.07, 6.45) is 3.11. The van der Waals surface area contributed by atoms with Crippen LogP contribution in [0, 0.1) is 0 Å². The van der Waals surface area contributed by atoms with E-state index in [9.17, 15) is 0 Å². The normalized spacial score (nSPS) is 14.8. The first-order valence-corrected chi connectivity index (χ1v) is 9.13. The Balaban J connectivity index is 1.79. The quantitative estimate of drug-likeness (QED) is 0.827. The molecular weight excluding hydrogens is 346 g/mol. The van der Waals surface area contributed by atoms with Gasteiger partial charge in [0.1, 0.15) is 5.75 Å². The predicted molar refractivity (Wildman–Crippen MR) is 92.5 cm³/mol. The second-order valence-electron chi connectivity index (χ2n) is 5.39. The first kappa shape index (κ1) is 15.1. The van der Waals surface area contributed by atoms with Crippen LogP contribution in [-0.2, 0) is 19.3 Å². The van der Waals surface area contributed by atoms with E-state index in [0.29, 0.717) is 6.04 Å². The molecule has 0 spiro atoms. The molecule has 1 aromatic carbocycles. The van der Waals surface area contributed by atoms with Crippen molar-refractivity contribution in [2.45, 2.75) is 32.2 Å². The van der Waals surface area contributed by atoms with E-state index < -0.39 is 0 Å². The Labute approximate surface area is 138 Å². The van der Waals surface area contributed by atoms with Crippen molar-refractivity contribution >= 4 is 27.3 Å². The van der Waals surface area contributed by atoms with Crippen molar-refractivity contribution in [2.24, 2.45) is 0 Å². The topological polar surface area (TPSA) is 21.3 Å². The molecule has 0 saturated heterocycles. The largest absolute Gasteiger partial charge is 0.493 e. The average molecular weight is 366 g/mol. The van der Waals surface area contributed by atoms with Crippen LogP contribution in [0.2, 0.25) is 0 Å². The molecule has 1 aliphatic rings. The summed E-state index contributed by atoms with van der Waals surface area (Å²) in [4.78, 5) is 1.44. The van der Waals surface area contributed by atoms with Gasteiger partial charge >= 0.3 is 0 Å². The van der Waals surface area contributed by atoms with Gasteiger partial charge in [0.2, 0.25) is 0 Å². The molecule has 0 aliphatic carbocycles. The third-order valence-electron chi connectivity index (χ3n) is 3.81. The van der Waals surface area contributed by atoms with Gasteiger partial charge < -0.3 is 10.1 Å². The van der Waals surface area contributed by atoms with Crippen molar-refractivity contribution in [1.82, 2.24) is 5.32 Å². The van der Waals surface area contributed by atoms with Crippen LogP contribution in [0.4, 0.5) is 0 Å². The zero-order chi connectivity index (χ0) is 14.7. The number of hydrogen-bond acceptors (Lipinski definition) is 3. The number of ether oxygens (including phenoxy) is 1. The fourth-order valence-electron chi connectivity index (χ4n) is 2.94. The van der Waals surface area contributed by atoms with E-state index in [1.807, 2.05) is 11.3 Å². The molecular formula is C17H20BrNOS. The summed E-state index contributed by atoms with van der Waals surface area (Å²) in [6.45, 7) is 3.98. The molecule has 0 bridgehead atoms. The van der Waals surface area contributed by atoms with Gasteiger partial charge in [0.25, 0.3) is 0 Å². The van der Waals surface area contributed by atoms with Gasteiger partial charge in [-0.25, -0.2) is 0 Å². The minimum atomic E-state index is 0.455. The lowest BCUT2D eigenvalue weighted by Gasteiger charge is -2.19. The molecule has 21 heavy (non-hydrogen) atoms. The van der Waals surface area contributed by atoms with E-state index in [4.69, 9.17) is 4.74 Å². The Hall–Kier alpha value is -0.840. The zero-order valence-electron chi connectivity index (χ0n) is 12.2. The maximum Gasteiger partial charge on any atom is 0.125 e. The van der Waals surface area contributed by atoms with Gasteiger partial charge in [0.05, 0.1) is 6.61 Å². The first-order valence-electron chi connectivity index (χ1n) is 7.46. The third-order valence-corrected chi connectivity index (χ3v) is 5.17. The summed E-state index contributed by atoms with van der Waals surface area (Å²) < 4.78 is 7.01. The predicted octanol–water partition coefficient (Wildman–Crippen LogP) is 4.21. The monoisotopic (exact) mass is 365 g/mol. The molecule has 0 fully saturated rings. The van der Waals surface area contributed by atoms with Crippen LogP contribution in [0.15, 0.2) is 34.1 Å². The minimum absolute atomic E-state index is 0.455. The number of fused-ring (bicyclic) bond motifs is 1. The Morgan fingerprint density at radius 3 is 3.05 bits per heavy atom. The number of rotatable bonds is 6. The number of nitrogens with one attached hydrogen (secondary N) is 1. The number of halogens is 1. The van der Waals surface area contributed by atoms with Crippen molar-refractivity contribution in [1.29, 1.82) is 0 Å². The lowest BCUT2D eigenvalue weighted by molar-refractivity contribution is 0.351. The maximum absolute atomic E-state index is 5.85. The highest BCUT2D eigenvalue weighted by molar-refractivity contribution is 9.10. The molecule has 2 heterocycles. The third kappa shape index (κ3) is 3.68. The molecule has 0 radical (unpaired) electrons. The SMILES string of the molecule is CCNC(Cc1cccs1)Cc1cc(Br)cc2c1OCC2. The number of hydrogen-bond donors (Lipinski definition) is 1. The second kappa shape index (κ2) is 6.95. The molecule has 1 aromatic heterocycles. The number of benzene rings is 1. The Kier molecular flexibility index (Phi) is 4.99. The van der Waals surface area contributed by atoms with Crippen LogP contribution in [0.25, 0.3) is 0 Å². The fraction of sp³-hybridized carbons (Fsp3) is 0.412. The molecule has 3 rings (SSSR count). The van der Waals surface area contributed by atoms with Crippen LogP contribution in [0.3, 0.4) is 0 Å². The van der Waals surface area contributed by atoms with Gasteiger partial charge in [-0.3, -0.25) is 0 Å². The summed E-state index contributed by atoms with van der Waals surface area (Å²) in [5.74, 6) is 1.12. The van der Waals surface area contributed by atoms with E-state index in [0.717, 1.165) is 42.6 Å². The van der Waals surface area contributed by atoms with Gasteiger partial charge in [0, 0.05) is 21.8 Å². The molecule has 0 saturated carbocycles. The molecule has 112 valence electrons. The van der Waals surface area contributed by atoms with Crippen molar-refractivity contribution in [3.63, 3.8) is 0 Å². The lowest BCUT2D eigenvalue weighted by Crippen LogP contribution is -2.32. The summed E-state index contributed by atoms with van der Waals surface area (Å²) in [7, 11) is 0. The Morgan fingerprint density at radius 1 is 1.38 bits per heavy atom. The fourth-order valence-corrected chi connectivity index (χ4v) is 4.28. The van der Waals surface area contributed by atoms with Gasteiger partial charge in [-0.1, -0.05) is 28.9 Å². The Bertz CT molecular complexity index is 597. The summed E-state index contributed by atoms with van der Waals surface area (Å²) in [5.41, 5.74) is 2.66. The Morgan fingerprint density at radius 2 is 2.29 bits per heavy atom. The first-order chi connectivity index (χ1) is 10.3. The van der Waals surface area contributed by atoms with Gasteiger partial charge in [-0.2, -0.15) is 0 Å². The lowest BCUT2D eigenvalue weighted by atomic mass is 9.99. The van der Waals surface area contributed by atoms with Gasteiger partial charge in [-0.05, 0) is 54.1 Å². The van der Waals surface area contributed by atoms with Gasteiger partial charge in [0.15, 0.2) is 0 Å². The van der Waals surface area contributed by atoms with Crippen molar-refractivity contribution in [3.8, 4) is 5.75 Å². The maximum atomic E-state index is 5.85. The van der Waals surface area contributed by atoms with Crippen LogP contribution in [0.1, 0.15) is 22.9 Å². The molecule has 1 N–H and O–H groups in total. The summed E-state index contributed by atoms with van der Waals surface area (Å²) in [6, 6.07) is 9.20. The zero-order valence-corrected chi connectivity index (χ0v) is 14.6. The van der Waals surface area contributed by atoms with Crippen LogP contribution in [-0.4, -0.2) is 19.2 Å². The van der Waals surface area contributed by atoms with Crippen LogP contribution in [0.5, 0.6) is 5.75 Å². The smallest absolute Gasteiger partial charge is 0.125 e. The molecule has 2 nitrogen and oxygen atoms in total. The molecule has 4 heteroatoms. The molecule has 1 atom stereocenters. The second-order valence-corrected chi connectivity index (χ2v) is 7.34. The standard InChI is InChI=1S/C17H20BrNOS/c1-2-19-15(11-16-4-3-7-21-16)10-13-9-14(18)8-12-5-6-20-17(12)13/h3-4,7-9,15,19H,2,5-6,10-11H2,1H3. The average Bonchev–Trinajstić information content (AvgIpc) is 3.09. The molecule has 1 aliphatic heterocycles. The number of thiophene rings is 1. The van der Waals surface area contributed by atoms with E-state index in [2.05, 4.69) is 57.8 Å². The molecule has 0 amide bonds. The summed E-state index contributed by atoms with van der Waals surface area (Å²) in [5, 5.41) is 5.77. The van der Waals surface area contributed by atoms with Crippen molar-refractivity contribution in [2.75, 3.05) is 13.2 Å². The van der Waals surface area contributed by atoms with E-state index in [1.165, 1.54) is 16.0 Å². The highest BCUT2D eigenvalue weighted by Gasteiger charge is 2.20. The minimum Gasteiger partial charge on any atom is -0.493 e. The highest BCUT2D eigenvalue weighted by Crippen LogP contribution is 2.34. The van der Waals surface area contributed by atoms with Gasteiger partial charge in [-0.15, -0.1) is 11.3 Å². The van der Waals surface area contributed by atoms with E-state index >= 15 is 0 Å². The highest BCUT2D eigenvalue weighted by atomic mass is 79.9. The van der Waals surface area contributed by atoms with Crippen LogP contribution >= 0.6 is 27.3 Å².